The number of aromatic carboxylic acids is 1. The Bertz CT molecular complexity index is 1340. The third-order valence-corrected chi connectivity index (χ3v) is 5.12. The summed E-state index contributed by atoms with van der Waals surface area (Å²) in [6, 6.07) is 5.12. The summed E-state index contributed by atoms with van der Waals surface area (Å²) in [5.41, 5.74) is -0.913. The predicted molar refractivity (Wildman–Crippen MR) is 119 cm³/mol. The molecule has 0 unspecified atom stereocenters. The number of carbonyl (C=O) groups excluding carboxylic acids is 2. The van der Waals surface area contributed by atoms with E-state index in [2.05, 4.69) is 0 Å². The van der Waals surface area contributed by atoms with E-state index in [0.29, 0.717) is 0 Å². The standard InChI is InChI=1S/C24H20O11/c1-9-4-12(6-14(25)18(9)22(30)31)34-23(32)19-10(2)5-13(7-15(19)26)35-24(33)20-11(3)21(29)17(28)8-16(20)27/h4-8,25-29H,1-3H3,(H,30,31). The average Bonchev–Trinajstić information content (AvgIpc) is 2.70. The third-order valence-electron chi connectivity index (χ3n) is 5.12. The highest BCUT2D eigenvalue weighted by molar-refractivity contribution is 5.98. The van der Waals surface area contributed by atoms with Gasteiger partial charge in [-0.25, -0.2) is 14.4 Å². The summed E-state index contributed by atoms with van der Waals surface area (Å²) in [6.07, 6.45) is 0. The summed E-state index contributed by atoms with van der Waals surface area (Å²) < 4.78 is 10.3. The lowest BCUT2D eigenvalue weighted by molar-refractivity contribution is 0.0689. The highest BCUT2D eigenvalue weighted by Gasteiger charge is 2.24. The van der Waals surface area contributed by atoms with Gasteiger partial charge in [0, 0.05) is 23.8 Å². The van der Waals surface area contributed by atoms with Gasteiger partial charge in [0.1, 0.15) is 45.4 Å². The van der Waals surface area contributed by atoms with Crippen molar-refractivity contribution in [2.24, 2.45) is 0 Å². The van der Waals surface area contributed by atoms with E-state index in [1.165, 1.54) is 32.9 Å². The van der Waals surface area contributed by atoms with Crippen LogP contribution in [0.4, 0.5) is 0 Å². The molecule has 0 atom stereocenters. The molecule has 0 spiro atoms. The van der Waals surface area contributed by atoms with Gasteiger partial charge in [-0.15, -0.1) is 0 Å². The van der Waals surface area contributed by atoms with E-state index >= 15 is 0 Å². The van der Waals surface area contributed by atoms with Crippen LogP contribution < -0.4 is 9.47 Å². The van der Waals surface area contributed by atoms with Crippen LogP contribution in [-0.4, -0.2) is 48.5 Å². The summed E-state index contributed by atoms with van der Waals surface area (Å²) in [5, 5.41) is 58.7. The molecule has 0 heterocycles. The van der Waals surface area contributed by atoms with Gasteiger partial charge in [-0.05, 0) is 44.0 Å². The zero-order chi connectivity index (χ0) is 26.2. The molecule has 3 rings (SSSR count). The molecule has 3 aromatic rings. The van der Waals surface area contributed by atoms with Crippen molar-refractivity contribution in [3.63, 3.8) is 0 Å². The lowest BCUT2D eigenvalue weighted by atomic mass is 10.1. The summed E-state index contributed by atoms with van der Waals surface area (Å²) in [6.45, 7) is 4.09. The maximum Gasteiger partial charge on any atom is 0.347 e. The number of hydrogen-bond acceptors (Lipinski definition) is 10. The summed E-state index contributed by atoms with van der Waals surface area (Å²) in [5.74, 6) is -6.98. The number of benzene rings is 3. The van der Waals surface area contributed by atoms with Gasteiger partial charge in [0.15, 0.2) is 11.5 Å². The van der Waals surface area contributed by atoms with E-state index in [1.807, 2.05) is 0 Å². The van der Waals surface area contributed by atoms with Crippen molar-refractivity contribution in [3.05, 3.63) is 63.7 Å². The molecule has 6 N–H and O–H groups in total. The molecule has 182 valence electrons. The summed E-state index contributed by atoms with van der Waals surface area (Å²) >= 11 is 0. The van der Waals surface area contributed by atoms with Crippen molar-refractivity contribution >= 4 is 17.9 Å². The number of aromatic hydroxyl groups is 5. The van der Waals surface area contributed by atoms with Gasteiger partial charge >= 0.3 is 17.9 Å². The number of hydrogen-bond donors (Lipinski definition) is 6. The number of phenolic OH excluding ortho intramolecular Hbond substituents is 4. The van der Waals surface area contributed by atoms with E-state index < -0.39 is 52.2 Å². The number of carboxylic acid groups (broad SMARTS) is 1. The fraction of sp³-hybridized carbons (Fsp3) is 0.125. The number of esters is 2. The zero-order valence-electron chi connectivity index (χ0n) is 18.6. The van der Waals surface area contributed by atoms with Crippen molar-refractivity contribution < 1.29 is 54.5 Å². The molecule has 11 nitrogen and oxygen atoms in total. The normalized spacial score (nSPS) is 10.6. The van der Waals surface area contributed by atoms with Gasteiger partial charge in [0.05, 0.1) is 0 Å². The monoisotopic (exact) mass is 484 g/mol. The fourth-order valence-corrected chi connectivity index (χ4v) is 3.48. The van der Waals surface area contributed by atoms with Crippen LogP contribution in [0.5, 0.6) is 40.2 Å². The minimum atomic E-state index is -1.36. The molecule has 11 heteroatoms. The predicted octanol–water partition coefficient (Wildman–Crippen LogP) is 3.28. The number of carboxylic acids is 1. The molecule has 0 saturated carbocycles. The Morgan fingerprint density at radius 1 is 0.600 bits per heavy atom. The van der Waals surface area contributed by atoms with Crippen LogP contribution >= 0.6 is 0 Å². The second kappa shape index (κ2) is 9.14. The molecule has 0 bridgehead atoms. The minimum absolute atomic E-state index is 0.135. The van der Waals surface area contributed by atoms with Crippen LogP contribution in [0, 0.1) is 20.8 Å². The molecule has 0 aliphatic heterocycles. The van der Waals surface area contributed by atoms with Crippen LogP contribution in [0.25, 0.3) is 0 Å². The molecule has 0 radical (unpaired) electrons. The molecule has 0 aliphatic carbocycles. The fourth-order valence-electron chi connectivity index (χ4n) is 3.48. The molecule has 3 aromatic carbocycles. The molecule has 0 fully saturated rings. The highest BCUT2D eigenvalue weighted by Crippen LogP contribution is 2.38. The van der Waals surface area contributed by atoms with Gasteiger partial charge < -0.3 is 40.1 Å². The first-order valence-electron chi connectivity index (χ1n) is 9.91. The molecule has 0 aliphatic rings. The molecular formula is C24H20O11. The van der Waals surface area contributed by atoms with Gasteiger partial charge in [-0.2, -0.15) is 0 Å². The lowest BCUT2D eigenvalue weighted by Gasteiger charge is -2.14. The number of rotatable bonds is 5. The Kier molecular flexibility index (Phi) is 6.45. The number of phenols is 5. The van der Waals surface area contributed by atoms with Crippen LogP contribution in [0.3, 0.4) is 0 Å². The first-order valence-corrected chi connectivity index (χ1v) is 9.91. The first-order chi connectivity index (χ1) is 16.3. The SMILES string of the molecule is Cc1cc(OC(=O)c2c(C)cc(OC(=O)c3c(O)cc(O)c(O)c3C)cc2O)cc(O)c1C(=O)O. The second-order valence-corrected chi connectivity index (χ2v) is 7.62. The van der Waals surface area contributed by atoms with Crippen LogP contribution in [0.15, 0.2) is 30.3 Å². The Morgan fingerprint density at radius 2 is 1.03 bits per heavy atom. The Balaban J connectivity index is 1.87. The number of aryl methyl sites for hydroxylation is 2. The molecule has 0 saturated heterocycles. The largest absolute Gasteiger partial charge is 0.507 e. The van der Waals surface area contributed by atoms with E-state index in [-0.39, 0.29) is 39.3 Å². The van der Waals surface area contributed by atoms with Crippen molar-refractivity contribution in [2.75, 3.05) is 0 Å². The van der Waals surface area contributed by atoms with Gasteiger partial charge in [0.2, 0.25) is 0 Å². The van der Waals surface area contributed by atoms with Crippen molar-refractivity contribution in [1.82, 2.24) is 0 Å². The zero-order valence-corrected chi connectivity index (χ0v) is 18.6. The smallest absolute Gasteiger partial charge is 0.347 e. The molecule has 0 aromatic heterocycles. The van der Waals surface area contributed by atoms with Crippen LogP contribution in [0.1, 0.15) is 47.8 Å². The first kappa shape index (κ1) is 24.7. The molecule has 0 amide bonds. The van der Waals surface area contributed by atoms with E-state index in [9.17, 15) is 39.9 Å². The van der Waals surface area contributed by atoms with Crippen molar-refractivity contribution in [1.29, 1.82) is 0 Å². The van der Waals surface area contributed by atoms with E-state index in [1.54, 1.807) is 0 Å². The Morgan fingerprint density at radius 3 is 1.49 bits per heavy atom. The highest BCUT2D eigenvalue weighted by atomic mass is 16.5. The van der Waals surface area contributed by atoms with Gasteiger partial charge in [-0.3, -0.25) is 0 Å². The van der Waals surface area contributed by atoms with Gasteiger partial charge in [0.25, 0.3) is 0 Å². The summed E-state index contributed by atoms with van der Waals surface area (Å²) in [7, 11) is 0. The second-order valence-electron chi connectivity index (χ2n) is 7.62. The maximum absolute atomic E-state index is 12.6. The van der Waals surface area contributed by atoms with Crippen LogP contribution in [0.2, 0.25) is 0 Å². The van der Waals surface area contributed by atoms with Crippen molar-refractivity contribution in [2.45, 2.75) is 20.8 Å². The average molecular weight is 484 g/mol. The quantitative estimate of drug-likeness (QED) is 0.135. The number of carbonyl (C=O) groups is 3. The lowest BCUT2D eigenvalue weighted by Crippen LogP contribution is -2.13. The Hall–Kier alpha value is -4.93. The van der Waals surface area contributed by atoms with Crippen molar-refractivity contribution in [3.8, 4) is 40.2 Å². The topological polar surface area (TPSA) is 191 Å². The minimum Gasteiger partial charge on any atom is -0.507 e. The number of ether oxygens (including phenoxy) is 2. The molecular weight excluding hydrogens is 464 g/mol. The maximum atomic E-state index is 12.6. The molecule has 35 heavy (non-hydrogen) atoms. The van der Waals surface area contributed by atoms with E-state index in [4.69, 9.17) is 14.6 Å². The van der Waals surface area contributed by atoms with E-state index in [0.717, 1.165) is 18.2 Å². The van der Waals surface area contributed by atoms with Gasteiger partial charge in [-0.1, -0.05) is 0 Å². The summed E-state index contributed by atoms with van der Waals surface area (Å²) in [4.78, 5) is 36.3. The van der Waals surface area contributed by atoms with Crippen LogP contribution in [-0.2, 0) is 0 Å². The third kappa shape index (κ3) is 4.74. The Labute approximate surface area is 197 Å².